The normalized spacial score (nSPS) is 15.8. The molecule has 10 nitrogen and oxygen atoms in total. The van der Waals surface area contributed by atoms with Crippen LogP contribution in [0.3, 0.4) is 0 Å². The van der Waals surface area contributed by atoms with E-state index in [9.17, 15) is 19.5 Å². The smallest absolute Gasteiger partial charge is 0.305 e. The standard InChI is InChI=1S/C32H33N3O7/c36-30(37)10-11-35(32(39)22-4-5-22)19-21-2-1-3-23(16-21)24-6-8-27(34-12-14-40-15-13-34)26(17-24)33-31(38)25-7-9-28-29(18-25)42-20-41-28/h1-3,6-9,16-18,22H,4-5,10-15,19-20H2,(H,33,38)(H,36,37). The van der Waals surface area contributed by atoms with Crippen LogP contribution in [0.15, 0.2) is 60.7 Å². The molecule has 10 heteroatoms. The molecule has 3 aliphatic rings. The highest BCUT2D eigenvalue weighted by Gasteiger charge is 2.33. The molecule has 1 saturated heterocycles. The van der Waals surface area contributed by atoms with Crippen LogP contribution in [0.5, 0.6) is 11.5 Å². The molecule has 3 aromatic rings. The lowest BCUT2D eigenvalue weighted by Crippen LogP contribution is -2.36. The van der Waals surface area contributed by atoms with Gasteiger partial charge in [0.1, 0.15) is 0 Å². The molecule has 6 rings (SSSR count). The van der Waals surface area contributed by atoms with E-state index in [0.29, 0.717) is 55.6 Å². The molecular formula is C32H33N3O7. The van der Waals surface area contributed by atoms with Crippen molar-refractivity contribution >= 4 is 29.2 Å². The van der Waals surface area contributed by atoms with Gasteiger partial charge in [-0.05, 0) is 65.9 Å². The summed E-state index contributed by atoms with van der Waals surface area (Å²) >= 11 is 0. The second kappa shape index (κ2) is 12.1. The molecule has 0 spiro atoms. The first-order valence-corrected chi connectivity index (χ1v) is 14.2. The van der Waals surface area contributed by atoms with Gasteiger partial charge in [0.05, 0.1) is 31.0 Å². The van der Waals surface area contributed by atoms with Gasteiger partial charge in [-0.2, -0.15) is 0 Å². The van der Waals surface area contributed by atoms with Gasteiger partial charge < -0.3 is 34.4 Å². The van der Waals surface area contributed by atoms with E-state index in [1.54, 1.807) is 23.1 Å². The molecule has 2 amide bonds. The SMILES string of the molecule is O=C(O)CCN(Cc1cccc(-c2ccc(N3CCOCC3)c(NC(=O)c3ccc4c(c3)OCO4)c2)c1)C(=O)C1CC1. The molecule has 3 aromatic carbocycles. The molecule has 2 heterocycles. The number of rotatable bonds is 10. The second-order valence-corrected chi connectivity index (χ2v) is 10.7. The van der Waals surface area contributed by atoms with Crippen molar-refractivity contribution < 1.29 is 33.7 Å². The molecule has 2 aliphatic heterocycles. The summed E-state index contributed by atoms with van der Waals surface area (Å²) in [4.78, 5) is 41.3. The van der Waals surface area contributed by atoms with Crippen molar-refractivity contribution in [3.63, 3.8) is 0 Å². The number of morpholine rings is 1. The maximum atomic E-state index is 13.4. The molecule has 1 aliphatic carbocycles. The van der Waals surface area contributed by atoms with Crippen LogP contribution in [-0.4, -0.2) is 67.4 Å². The summed E-state index contributed by atoms with van der Waals surface area (Å²) in [5.74, 6) is -0.00736. The highest BCUT2D eigenvalue weighted by atomic mass is 16.7. The van der Waals surface area contributed by atoms with Gasteiger partial charge >= 0.3 is 5.97 Å². The molecule has 2 N–H and O–H groups in total. The average molecular weight is 572 g/mol. The first-order valence-electron chi connectivity index (χ1n) is 14.2. The number of carbonyl (C=O) groups is 3. The molecule has 0 bridgehead atoms. The quantitative estimate of drug-likeness (QED) is 0.368. The number of carboxylic acids is 1. The van der Waals surface area contributed by atoms with Crippen LogP contribution in [0.2, 0.25) is 0 Å². The van der Waals surface area contributed by atoms with E-state index in [4.69, 9.17) is 14.2 Å². The number of fused-ring (bicyclic) bond motifs is 1. The Hall–Kier alpha value is -4.57. The largest absolute Gasteiger partial charge is 0.481 e. The van der Waals surface area contributed by atoms with E-state index < -0.39 is 5.97 Å². The van der Waals surface area contributed by atoms with Crippen molar-refractivity contribution in [3.05, 3.63) is 71.8 Å². The zero-order valence-corrected chi connectivity index (χ0v) is 23.2. The van der Waals surface area contributed by atoms with Crippen LogP contribution in [0, 0.1) is 5.92 Å². The number of anilines is 2. The fraction of sp³-hybridized carbons (Fsp3) is 0.344. The lowest BCUT2D eigenvalue weighted by Gasteiger charge is -2.31. The molecule has 0 atom stereocenters. The number of hydrogen-bond acceptors (Lipinski definition) is 7. The molecule has 0 aromatic heterocycles. The zero-order chi connectivity index (χ0) is 29.1. The third kappa shape index (κ3) is 6.33. The Labute approximate surface area is 243 Å². The number of nitrogens with zero attached hydrogens (tertiary/aromatic N) is 2. The number of hydrogen-bond donors (Lipinski definition) is 2. The topological polar surface area (TPSA) is 118 Å². The number of aliphatic carboxylic acids is 1. The Morgan fingerprint density at radius 3 is 2.50 bits per heavy atom. The Morgan fingerprint density at radius 1 is 0.929 bits per heavy atom. The van der Waals surface area contributed by atoms with E-state index in [-0.39, 0.29) is 37.5 Å². The summed E-state index contributed by atoms with van der Waals surface area (Å²) in [7, 11) is 0. The van der Waals surface area contributed by atoms with E-state index in [1.165, 1.54) is 0 Å². The Bertz CT molecular complexity index is 1500. The third-order valence-electron chi connectivity index (χ3n) is 7.70. The van der Waals surface area contributed by atoms with Crippen LogP contribution in [-0.2, 0) is 20.9 Å². The number of carboxylic acid groups (broad SMARTS) is 1. The van der Waals surface area contributed by atoms with Crippen molar-refractivity contribution in [2.24, 2.45) is 5.92 Å². The molecule has 218 valence electrons. The molecule has 0 radical (unpaired) electrons. The van der Waals surface area contributed by atoms with Gasteiger partial charge in [-0.25, -0.2) is 0 Å². The zero-order valence-electron chi connectivity index (χ0n) is 23.2. The summed E-state index contributed by atoms with van der Waals surface area (Å²) in [5, 5.41) is 12.3. The van der Waals surface area contributed by atoms with Crippen molar-refractivity contribution in [1.29, 1.82) is 0 Å². The maximum absolute atomic E-state index is 13.4. The van der Waals surface area contributed by atoms with E-state index in [0.717, 1.165) is 35.2 Å². The summed E-state index contributed by atoms with van der Waals surface area (Å²) in [6.45, 7) is 3.30. The van der Waals surface area contributed by atoms with Crippen molar-refractivity contribution in [1.82, 2.24) is 4.90 Å². The van der Waals surface area contributed by atoms with E-state index in [1.807, 2.05) is 42.5 Å². The summed E-state index contributed by atoms with van der Waals surface area (Å²) < 4.78 is 16.4. The number of amides is 2. The molecule has 1 saturated carbocycles. The minimum absolute atomic E-state index is 0.00522. The van der Waals surface area contributed by atoms with Crippen LogP contribution in [0.4, 0.5) is 11.4 Å². The van der Waals surface area contributed by atoms with Gasteiger partial charge in [-0.15, -0.1) is 0 Å². The van der Waals surface area contributed by atoms with Gasteiger partial charge in [0.15, 0.2) is 11.5 Å². The Balaban J connectivity index is 1.27. The predicted octanol–water partition coefficient (Wildman–Crippen LogP) is 4.38. The van der Waals surface area contributed by atoms with Crippen molar-refractivity contribution in [2.45, 2.75) is 25.8 Å². The average Bonchev–Trinajstić information content (AvgIpc) is 3.76. The van der Waals surface area contributed by atoms with Gasteiger partial charge in [-0.3, -0.25) is 14.4 Å². The minimum Gasteiger partial charge on any atom is -0.481 e. The van der Waals surface area contributed by atoms with Crippen LogP contribution < -0.4 is 19.7 Å². The lowest BCUT2D eigenvalue weighted by molar-refractivity contribution is -0.139. The Morgan fingerprint density at radius 2 is 1.71 bits per heavy atom. The number of ether oxygens (including phenoxy) is 3. The summed E-state index contributed by atoms with van der Waals surface area (Å²) in [6, 6.07) is 19.0. The van der Waals surface area contributed by atoms with Gasteiger partial charge in [0, 0.05) is 37.7 Å². The van der Waals surface area contributed by atoms with Crippen LogP contribution in [0.1, 0.15) is 35.2 Å². The number of carbonyl (C=O) groups excluding carboxylic acids is 2. The fourth-order valence-electron chi connectivity index (χ4n) is 5.28. The summed E-state index contributed by atoms with van der Waals surface area (Å²) in [5.41, 5.74) is 4.78. The van der Waals surface area contributed by atoms with Gasteiger partial charge in [0.25, 0.3) is 5.91 Å². The van der Waals surface area contributed by atoms with Crippen molar-refractivity contribution in [3.8, 4) is 22.6 Å². The molecule has 42 heavy (non-hydrogen) atoms. The third-order valence-corrected chi connectivity index (χ3v) is 7.70. The van der Waals surface area contributed by atoms with E-state index in [2.05, 4.69) is 10.2 Å². The Kier molecular flexibility index (Phi) is 7.96. The van der Waals surface area contributed by atoms with E-state index >= 15 is 0 Å². The molecule has 2 fully saturated rings. The highest BCUT2D eigenvalue weighted by Crippen LogP contribution is 2.36. The van der Waals surface area contributed by atoms with Gasteiger partial charge in [-0.1, -0.05) is 24.3 Å². The summed E-state index contributed by atoms with van der Waals surface area (Å²) in [6.07, 6.45) is 1.63. The molecule has 0 unspecified atom stereocenters. The predicted molar refractivity (Wildman–Crippen MR) is 156 cm³/mol. The highest BCUT2D eigenvalue weighted by molar-refractivity contribution is 6.06. The second-order valence-electron chi connectivity index (χ2n) is 10.7. The van der Waals surface area contributed by atoms with Crippen LogP contribution in [0.25, 0.3) is 11.1 Å². The number of benzene rings is 3. The monoisotopic (exact) mass is 571 g/mol. The molecular weight excluding hydrogens is 538 g/mol. The first kappa shape index (κ1) is 27.6. The number of nitrogens with one attached hydrogen (secondary N) is 1. The maximum Gasteiger partial charge on any atom is 0.305 e. The van der Waals surface area contributed by atoms with Crippen molar-refractivity contribution in [2.75, 3.05) is 49.9 Å². The van der Waals surface area contributed by atoms with Crippen LogP contribution >= 0.6 is 0 Å². The first-order chi connectivity index (χ1) is 20.4. The lowest BCUT2D eigenvalue weighted by atomic mass is 10.0. The van der Waals surface area contributed by atoms with Gasteiger partial charge in [0.2, 0.25) is 12.7 Å². The fourth-order valence-corrected chi connectivity index (χ4v) is 5.28. The minimum atomic E-state index is -0.923.